The number of aromatic nitrogens is 1. The number of fused-ring (bicyclic) bond motifs is 1. The molecule has 0 saturated heterocycles. The van der Waals surface area contributed by atoms with Gasteiger partial charge in [-0.05, 0) is 49.9 Å². The molecule has 1 saturated carbocycles. The lowest BCUT2D eigenvalue weighted by Gasteiger charge is -2.07. The van der Waals surface area contributed by atoms with E-state index < -0.39 is 12.0 Å². The standard InChI is InChI=1S/C19H21N3O3/c1-10-14(9-15(22(10)2)11-3-4-11)19(24)21-13-5-6-16-12(7-13)8-17(25-16)18(20)23/h5-7,9,11,17H,3-4,8H2,1-2H3,(H2,20,23)(H,21,24)/t17-/m1/s1. The molecule has 6 heteroatoms. The first-order valence-electron chi connectivity index (χ1n) is 8.50. The first-order valence-corrected chi connectivity index (χ1v) is 8.50. The first-order chi connectivity index (χ1) is 11.9. The number of hydrogen-bond acceptors (Lipinski definition) is 3. The van der Waals surface area contributed by atoms with Gasteiger partial charge in [-0.3, -0.25) is 9.59 Å². The second-order valence-electron chi connectivity index (χ2n) is 6.89. The van der Waals surface area contributed by atoms with Crippen LogP contribution >= 0.6 is 0 Å². The van der Waals surface area contributed by atoms with E-state index in [-0.39, 0.29) is 5.91 Å². The average Bonchev–Trinajstić information content (AvgIpc) is 3.25. The Kier molecular flexibility index (Phi) is 3.56. The van der Waals surface area contributed by atoms with E-state index in [0.29, 0.717) is 29.3 Å². The van der Waals surface area contributed by atoms with Crippen molar-refractivity contribution in [3.63, 3.8) is 0 Å². The maximum absolute atomic E-state index is 12.7. The molecule has 2 aromatic rings. The molecule has 0 bridgehead atoms. The molecule has 6 nitrogen and oxygen atoms in total. The second kappa shape index (κ2) is 5.65. The summed E-state index contributed by atoms with van der Waals surface area (Å²) in [6.07, 6.45) is 2.21. The van der Waals surface area contributed by atoms with Gasteiger partial charge in [0.25, 0.3) is 11.8 Å². The Balaban J connectivity index is 1.54. The van der Waals surface area contributed by atoms with Crippen LogP contribution in [0.4, 0.5) is 5.69 Å². The van der Waals surface area contributed by atoms with E-state index in [1.165, 1.54) is 18.5 Å². The van der Waals surface area contributed by atoms with Gasteiger partial charge in [0.1, 0.15) is 5.75 Å². The molecule has 25 heavy (non-hydrogen) atoms. The molecule has 2 amide bonds. The van der Waals surface area contributed by atoms with Crippen molar-refractivity contribution < 1.29 is 14.3 Å². The van der Waals surface area contributed by atoms with Gasteiger partial charge in [-0.15, -0.1) is 0 Å². The number of benzene rings is 1. The Bertz CT molecular complexity index is 880. The van der Waals surface area contributed by atoms with E-state index in [2.05, 4.69) is 9.88 Å². The van der Waals surface area contributed by atoms with Crippen molar-refractivity contribution in [2.75, 3.05) is 5.32 Å². The molecule has 1 aromatic heterocycles. The van der Waals surface area contributed by atoms with E-state index in [1.807, 2.05) is 26.1 Å². The predicted molar refractivity (Wildman–Crippen MR) is 93.8 cm³/mol. The topological polar surface area (TPSA) is 86.3 Å². The normalized spacial score (nSPS) is 18.6. The highest BCUT2D eigenvalue weighted by Gasteiger charge is 2.30. The molecule has 1 aliphatic heterocycles. The van der Waals surface area contributed by atoms with Gasteiger partial charge >= 0.3 is 0 Å². The predicted octanol–water partition coefficient (Wildman–Crippen LogP) is 2.25. The van der Waals surface area contributed by atoms with Gasteiger partial charge in [0.15, 0.2) is 6.10 Å². The summed E-state index contributed by atoms with van der Waals surface area (Å²) in [5.74, 6) is 0.640. The fourth-order valence-electron chi connectivity index (χ4n) is 3.41. The SMILES string of the molecule is Cc1c(C(=O)Nc2ccc3c(c2)C[C@H](C(N)=O)O3)cc(C2CC2)n1C. The molecule has 0 radical (unpaired) electrons. The quantitative estimate of drug-likeness (QED) is 0.896. The molecule has 2 heterocycles. The highest BCUT2D eigenvalue weighted by molar-refractivity contribution is 6.05. The lowest BCUT2D eigenvalue weighted by atomic mass is 10.1. The molecule has 4 rings (SSSR count). The molecule has 3 N–H and O–H groups in total. The number of rotatable bonds is 4. The maximum atomic E-state index is 12.7. The van der Waals surface area contributed by atoms with Gasteiger partial charge in [-0.25, -0.2) is 0 Å². The molecule has 1 aromatic carbocycles. The van der Waals surface area contributed by atoms with Crippen LogP contribution in [0, 0.1) is 6.92 Å². The summed E-state index contributed by atoms with van der Waals surface area (Å²) in [5.41, 5.74) is 9.77. The maximum Gasteiger partial charge on any atom is 0.258 e. The summed E-state index contributed by atoms with van der Waals surface area (Å²) in [7, 11) is 2.01. The van der Waals surface area contributed by atoms with Crippen molar-refractivity contribution in [1.82, 2.24) is 4.57 Å². The number of nitrogens with zero attached hydrogens (tertiary/aromatic N) is 1. The molecular formula is C19H21N3O3. The van der Waals surface area contributed by atoms with Crippen molar-refractivity contribution in [3.05, 3.63) is 46.8 Å². The van der Waals surface area contributed by atoms with Gasteiger partial charge in [0.05, 0.1) is 5.56 Å². The minimum Gasteiger partial charge on any atom is -0.480 e. The fraction of sp³-hybridized carbons (Fsp3) is 0.368. The molecule has 0 spiro atoms. The Hall–Kier alpha value is -2.76. The smallest absolute Gasteiger partial charge is 0.258 e. The lowest BCUT2D eigenvalue weighted by Crippen LogP contribution is -2.31. The third kappa shape index (κ3) is 2.77. The van der Waals surface area contributed by atoms with Crippen LogP contribution in [0.3, 0.4) is 0 Å². The van der Waals surface area contributed by atoms with Crippen LogP contribution in [0.25, 0.3) is 0 Å². The minimum absolute atomic E-state index is 0.120. The third-order valence-corrected chi connectivity index (χ3v) is 5.12. The first kappa shape index (κ1) is 15.7. The molecular weight excluding hydrogens is 318 g/mol. The van der Waals surface area contributed by atoms with E-state index in [0.717, 1.165) is 11.3 Å². The van der Waals surface area contributed by atoms with Gasteiger partial charge in [-0.1, -0.05) is 0 Å². The summed E-state index contributed by atoms with van der Waals surface area (Å²) in [6, 6.07) is 7.39. The Morgan fingerprint density at radius 3 is 2.72 bits per heavy atom. The third-order valence-electron chi connectivity index (χ3n) is 5.12. The van der Waals surface area contributed by atoms with E-state index >= 15 is 0 Å². The molecule has 130 valence electrons. The number of amides is 2. The fourth-order valence-corrected chi connectivity index (χ4v) is 3.41. The van der Waals surface area contributed by atoms with Crippen LogP contribution in [0.1, 0.15) is 46.1 Å². The van der Waals surface area contributed by atoms with Crippen LogP contribution in [-0.4, -0.2) is 22.5 Å². The van der Waals surface area contributed by atoms with Crippen LogP contribution in [0.5, 0.6) is 5.75 Å². The Labute approximate surface area is 146 Å². The van der Waals surface area contributed by atoms with E-state index in [4.69, 9.17) is 10.5 Å². The monoisotopic (exact) mass is 339 g/mol. The van der Waals surface area contributed by atoms with Gasteiger partial charge < -0.3 is 20.4 Å². The van der Waals surface area contributed by atoms with Crippen molar-refractivity contribution in [1.29, 1.82) is 0 Å². The lowest BCUT2D eigenvalue weighted by molar-refractivity contribution is -0.123. The zero-order chi connectivity index (χ0) is 17.7. The van der Waals surface area contributed by atoms with Crippen molar-refractivity contribution >= 4 is 17.5 Å². The van der Waals surface area contributed by atoms with Crippen LogP contribution in [-0.2, 0) is 18.3 Å². The van der Waals surface area contributed by atoms with Crippen LogP contribution in [0.2, 0.25) is 0 Å². The number of carbonyl (C=O) groups excluding carboxylic acids is 2. The number of ether oxygens (including phenoxy) is 1. The number of anilines is 1. The summed E-state index contributed by atoms with van der Waals surface area (Å²) < 4.78 is 7.61. The summed E-state index contributed by atoms with van der Waals surface area (Å²) in [5, 5.41) is 2.95. The van der Waals surface area contributed by atoms with Crippen LogP contribution < -0.4 is 15.8 Å². The molecule has 1 fully saturated rings. The zero-order valence-electron chi connectivity index (χ0n) is 14.3. The van der Waals surface area contributed by atoms with Crippen LogP contribution in [0.15, 0.2) is 24.3 Å². The number of nitrogens with one attached hydrogen (secondary N) is 1. The highest BCUT2D eigenvalue weighted by Crippen LogP contribution is 2.41. The van der Waals surface area contributed by atoms with Gasteiger partial charge in [0, 0.05) is 36.1 Å². The minimum atomic E-state index is -0.626. The Morgan fingerprint density at radius 2 is 2.04 bits per heavy atom. The zero-order valence-corrected chi connectivity index (χ0v) is 14.3. The van der Waals surface area contributed by atoms with Crippen molar-refractivity contribution in [3.8, 4) is 5.75 Å². The molecule has 1 aliphatic carbocycles. The van der Waals surface area contributed by atoms with Crippen molar-refractivity contribution in [2.24, 2.45) is 12.8 Å². The van der Waals surface area contributed by atoms with Gasteiger partial charge in [-0.2, -0.15) is 0 Å². The van der Waals surface area contributed by atoms with Crippen molar-refractivity contribution in [2.45, 2.75) is 38.2 Å². The number of primary amides is 1. The highest BCUT2D eigenvalue weighted by atomic mass is 16.5. The van der Waals surface area contributed by atoms with Gasteiger partial charge in [0.2, 0.25) is 0 Å². The van der Waals surface area contributed by atoms with E-state index in [9.17, 15) is 9.59 Å². The largest absolute Gasteiger partial charge is 0.480 e. The number of nitrogens with two attached hydrogens (primary N) is 1. The molecule has 2 aliphatic rings. The summed E-state index contributed by atoms with van der Waals surface area (Å²) in [6.45, 7) is 1.97. The van der Waals surface area contributed by atoms with E-state index in [1.54, 1.807) is 12.1 Å². The second-order valence-corrected chi connectivity index (χ2v) is 6.89. The number of carbonyl (C=O) groups is 2. The Morgan fingerprint density at radius 1 is 1.28 bits per heavy atom. The molecule has 1 atom stereocenters. The number of hydrogen-bond donors (Lipinski definition) is 2. The molecule has 0 unspecified atom stereocenters. The summed E-state index contributed by atoms with van der Waals surface area (Å²) >= 11 is 0. The average molecular weight is 339 g/mol. The summed E-state index contributed by atoms with van der Waals surface area (Å²) in [4.78, 5) is 24.0.